The Hall–Kier alpha value is -1.88. The summed E-state index contributed by atoms with van der Waals surface area (Å²) >= 11 is 1.77. The van der Waals surface area contributed by atoms with Gasteiger partial charge in [-0.05, 0) is 29.5 Å². The van der Waals surface area contributed by atoms with Crippen LogP contribution in [0.1, 0.15) is 17.4 Å². The highest BCUT2D eigenvalue weighted by Crippen LogP contribution is 2.23. The standard InChI is InChI=1S/C13H14N4S/c1-2-9-4-6-18-12(9)8-17-11-3-5-15-7-10(11)16-13(17)14/h3-7H,2,8H2,1H3,(H2,14,16). The van der Waals surface area contributed by atoms with Gasteiger partial charge in [0.15, 0.2) is 0 Å². The summed E-state index contributed by atoms with van der Waals surface area (Å²) in [5, 5.41) is 2.13. The van der Waals surface area contributed by atoms with Gasteiger partial charge in [0.05, 0.1) is 18.3 Å². The van der Waals surface area contributed by atoms with Crippen LogP contribution in [0.2, 0.25) is 0 Å². The first-order chi connectivity index (χ1) is 8.79. The Morgan fingerprint density at radius 3 is 3.11 bits per heavy atom. The fraction of sp³-hybridized carbons (Fsp3) is 0.231. The number of imidazole rings is 1. The van der Waals surface area contributed by atoms with Crippen molar-refractivity contribution in [3.8, 4) is 0 Å². The molecule has 92 valence electrons. The molecule has 0 saturated carbocycles. The maximum Gasteiger partial charge on any atom is 0.201 e. The molecule has 0 aliphatic rings. The number of hydrogen-bond acceptors (Lipinski definition) is 4. The van der Waals surface area contributed by atoms with Crippen molar-refractivity contribution >= 4 is 28.3 Å². The molecular weight excluding hydrogens is 244 g/mol. The smallest absolute Gasteiger partial charge is 0.201 e. The van der Waals surface area contributed by atoms with E-state index in [9.17, 15) is 0 Å². The summed E-state index contributed by atoms with van der Waals surface area (Å²) < 4.78 is 2.04. The van der Waals surface area contributed by atoms with Crippen molar-refractivity contribution < 1.29 is 0 Å². The second-order valence-corrected chi connectivity index (χ2v) is 5.14. The number of anilines is 1. The van der Waals surface area contributed by atoms with Crippen LogP contribution in [-0.4, -0.2) is 14.5 Å². The van der Waals surface area contributed by atoms with Gasteiger partial charge in [0.2, 0.25) is 5.95 Å². The molecule has 3 rings (SSSR count). The number of aromatic nitrogens is 3. The summed E-state index contributed by atoms with van der Waals surface area (Å²) in [4.78, 5) is 9.75. The molecule has 0 saturated heterocycles. The summed E-state index contributed by atoms with van der Waals surface area (Å²) in [6.45, 7) is 2.96. The molecule has 0 fully saturated rings. The van der Waals surface area contributed by atoms with E-state index in [1.165, 1.54) is 10.4 Å². The Labute approximate surface area is 109 Å². The van der Waals surface area contributed by atoms with E-state index in [0.717, 1.165) is 24.0 Å². The molecule has 3 heterocycles. The number of pyridine rings is 1. The van der Waals surface area contributed by atoms with E-state index < -0.39 is 0 Å². The number of thiophene rings is 1. The predicted octanol–water partition coefficient (Wildman–Crippen LogP) is 2.69. The molecule has 18 heavy (non-hydrogen) atoms. The number of fused-ring (bicyclic) bond motifs is 1. The lowest BCUT2D eigenvalue weighted by atomic mass is 10.2. The SMILES string of the molecule is CCc1ccsc1Cn1c(N)nc2cnccc21. The van der Waals surface area contributed by atoms with Gasteiger partial charge in [0.1, 0.15) is 5.52 Å². The van der Waals surface area contributed by atoms with Crippen molar-refractivity contribution in [2.24, 2.45) is 0 Å². The second kappa shape index (κ2) is 4.42. The average molecular weight is 258 g/mol. The molecule has 0 unspecified atom stereocenters. The first-order valence-corrected chi connectivity index (χ1v) is 6.78. The van der Waals surface area contributed by atoms with Crippen LogP contribution in [0.25, 0.3) is 11.0 Å². The normalized spacial score (nSPS) is 11.2. The molecule has 5 heteroatoms. The summed E-state index contributed by atoms with van der Waals surface area (Å²) in [5.41, 5.74) is 9.27. The Kier molecular flexibility index (Phi) is 2.76. The van der Waals surface area contributed by atoms with Crippen LogP contribution in [0, 0.1) is 0 Å². The summed E-state index contributed by atoms with van der Waals surface area (Å²) in [7, 11) is 0. The van der Waals surface area contributed by atoms with E-state index in [4.69, 9.17) is 5.73 Å². The van der Waals surface area contributed by atoms with Gasteiger partial charge in [-0.3, -0.25) is 4.98 Å². The Morgan fingerprint density at radius 1 is 1.39 bits per heavy atom. The minimum atomic E-state index is 0.549. The van der Waals surface area contributed by atoms with Gasteiger partial charge in [-0.15, -0.1) is 11.3 Å². The lowest BCUT2D eigenvalue weighted by Crippen LogP contribution is -2.04. The zero-order valence-electron chi connectivity index (χ0n) is 10.1. The van der Waals surface area contributed by atoms with Crippen molar-refractivity contribution in [2.75, 3.05) is 5.73 Å². The molecule has 3 aromatic heterocycles. The van der Waals surface area contributed by atoms with E-state index in [0.29, 0.717) is 5.95 Å². The molecule has 0 amide bonds. The van der Waals surface area contributed by atoms with E-state index in [2.05, 4.69) is 28.3 Å². The van der Waals surface area contributed by atoms with Crippen LogP contribution in [0.3, 0.4) is 0 Å². The molecule has 0 spiro atoms. The summed E-state index contributed by atoms with van der Waals surface area (Å²) in [6, 6.07) is 4.13. The third-order valence-electron chi connectivity index (χ3n) is 3.10. The second-order valence-electron chi connectivity index (χ2n) is 4.14. The molecule has 0 bridgehead atoms. The molecule has 0 aliphatic heterocycles. The van der Waals surface area contributed by atoms with E-state index in [-0.39, 0.29) is 0 Å². The van der Waals surface area contributed by atoms with Gasteiger partial charge in [-0.25, -0.2) is 4.98 Å². The molecule has 0 aliphatic carbocycles. The highest BCUT2D eigenvalue weighted by Gasteiger charge is 2.10. The number of nitrogens with two attached hydrogens (primary N) is 1. The average Bonchev–Trinajstić information content (AvgIpc) is 2.95. The number of hydrogen-bond donors (Lipinski definition) is 1. The van der Waals surface area contributed by atoms with E-state index in [1.54, 1.807) is 23.7 Å². The van der Waals surface area contributed by atoms with Gasteiger partial charge in [0.25, 0.3) is 0 Å². The molecule has 4 nitrogen and oxygen atoms in total. The lowest BCUT2D eigenvalue weighted by Gasteiger charge is -2.06. The number of nitrogen functional groups attached to an aromatic ring is 1. The minimum Gasteiger partial charge on any atom is -0.369 e. The highest BCUT2D eigenvalue weighted by atomic mass is 32.1. The lowest BCUT2D eigenvalue weighted by molar-refractivity contribution is 0.841. The van der Waals surface area contributed by atoms with Crippen molar-refractivity contribution in [2.45, 2.75) is 19.9 Å². The molecular formula is C13H14N4S. The number of nitrogens with zero attached hydrogens (tertiary/aromatic N) is 3. The molecule has 0 aromatic carbocycles. The van der Waals surface area contributed by atoms with Crippen LogP contribution < -0.4 is 5.73 Å². The zero-order chi connectivity index (χ0) is 12.5. The van der Waals surface area contributed by atoms with Crippen molar-refractivity contribution in [1.82, 2.24) is 14.5 Å². The third kappa shape index (κ3) is 1.76. The fourth-order valence-corrected chi connectivity index (χ4v) is 3.09. The molecule has 2 N–H and O–H groups in total. The Bertz CT molecular complexity index is 683. The van der Waals surface area contributed by atoms with Crippen molar-refractivity contribution in [3.63, 3.8) is 0 Å². The predicted molar refractivity (Wildman–Crippen MR) is 74.7 cm³/mol. The molecule has 0 radical (unpaired) electrons. The van der Waals surface area contributed by atoms with Gasteiger partial charge >= 0.3 is 0 Å². The maximum absolute atomic E-state index is 5.99. The van der Waals surface area contributed by atoms with Crippen molar-refractivity contribution in [3.05, 3.63) is 40.3 Å². The Balaban J connectivity index is 2.07. The van der Waals surface area contributed by atoms with Crippen LogP contribution in [0.15, 0.2) is 29.9 Å². The molecule has 0 atom stereocenters. The first-order valence-electron chi connectivity index (χ1n) is 5.90. The Morgan fingerprint density at radius 2 is 2.28 bits per heavy atom. The highest BCUT2D eigenvalue weighted by molar-refractivity contribution is 7.10. The number of aryl methyl sites for hydroxylation is 1. The fourth-order valence-electron chi connectivity index (χ4n) is 2.13. The summed E-state index contributed by atoms with van der Waals surface area (Å²) in [5.74, 6) is 0.549. The molecule has 3 aromatic rings. The van der Waals surface area contributed by atoms with Gasteiger partial charge < -0.3 is 10.3 Å². The minimum absolute atomic E-state index is 0.549. The van der Waals surface area contributed by atoms with Crippen LogP contribution in [-0.2, 0) is 13.0 Å². The van der Waals surface area contributed by atoms with Crippen molar-refractivity contribution in [1.29, 1.82) is 0 Å². The van der Waals surface area contributed by atoms with Gasteiger partial charge in [0, 0.05) is 11.1 Å². The largest absolute Gasteiger partial charge is 0.369 e. The van der Waals surface area contributed by atoms with Gasteiger partial charge in [-0.1, -0.05) is 6.92 Å². The monoisotopic (exact) mass is 258 g/mol. The van der Waals surface area contributed by atoms with Crippen LogP contribution in [0.4, 0.5) is 5.95 Å². The maximum atomic E-state index is 5.99. The summed E-state index contributed by atoms with van der Waals surface area (Å²) in [6.07, 6.45) is 4.57. The van der Waals surface area contributed by atoms with Crippen LogP contribution in [0.5, 0.6) is 0 Å². The quantitative estimate of drug-likeness (QED) is 0.785. The van der Waals surface area contributed by atoms with E-state index in [1.807, 2.05) is 10.6 Å². The van der Waals surface area contributed by atoms with E-state index >= 15 is 0 Å². The zero-order valence-corrected chi connectivity index (χ0v) is 10.9. The first kappa shape index (κ1) is 11.2. The van der Waals surface area contributed by atoms with Gasteiger partial charge in [-0.2, -0.15) is 0 Å². The van der Waals surface area contributed by atoms with Crippen LogP contribution >= 0.6 is 11.3 Å². The topological polar surface area (TPSA) is 56.7 Å². The number of rotatable bonds is 3. The third-order valence-corrected chi connectivity index (χ3v) is 4.05.